The van der Waals surface area contributed by atoms with Crippen molar-refractivity contribution in [1.82, 2.24) is 4.98 Å². The summed E-state index contributed by atoms with van der Waals surface area (Å²) in [7, 11) is 1.35. The molecule has 0 fully saturated rings. The molecule has 0 unspecified atom stereocenters. The molecule has 1 heterocycles. The first kappa shape index (κ1) is 14.9. The number of aromatic nitrogens is 1. The Morgan fingerprint density at radius 3 is 2.90 bits per heavy atom. The van der Waals surface area contributed by atoms with Crippen molar-refractivity contribution in [2.75, 3.05) is 12.4 Å². The number of methoxy groups -OCH3 is 1. The second-order valence-corrected chi connectivity index (χ2v) is 4.88. The van der Waals surface area contributed by atoms with Crippen molar-refractivity contribution in [2.45, 2.75) is 6.92 Å². The number of amides is 1. The van der Waals surface area contributed by atoms with Crippen LogP contribution >= 0.6 is 11.3 Å². The van der Waals surface area contributed by atoms with Crippen molar-refractivity contribution in [3.63, 3.8) is 0 Å². The van der Waals surface area contributed by atoms with Crippen LogP contribution in [0.1, 0.15) is 23.0 Å². The molecule has 8 heteroatoms. The summed E-state index contributed by atoms with van der Waals surface area (Å²) in [6.45, 7) is 1.58. The summed E-state index contributed by atoms with van der Waals surface area (Å²) < 4.78 is 18.3. The maximum absolute atomic E-state index is 13.5. The Kier molecular flexibility index (Phi) is 4.49. The summed E-state index contributed by atoms with van der Waals surface area (Å²) in [6.07, 6.45) is 0. The molecule has 1 aromatic heterocycles. The lowest BCUT2D eigenvalue weighted by molar-refractivity contribution is 0.102. The predicted octanol–water partition coefficient (Wildman–Crippen LogP) is 2.74. The summed E-state index contributed by atoms with van der Waals surface area (Å²) >= 11 is 1.17. The molecule has 0 aliphatic carbocycles. The minimum Gasteiger partial charge on any atom is -0.494 e. The zero-order valence-corrected chi connectivity index (χ0v) is 12.1. The van der Waals surface area contributed by atoms with Gasteiger partial charge >= 0.3 is 0 Å². The molecule has 110 valence electrons. The maximum atomic E-state index is 13.5. The molecule has 2 N–H and O–H groups in total. The highest BCUT2D eigenvalue weighted by Gasteiger charge is 2.13. The molecule has 2 rings (SSSR count). The second kappa shape index (κ2) is 6.31. The summed E-state index contributed by atoms with van der Waals surface area (Å²) in [5.74, 6) is -1.04. The Morgan fingerprint density at radius 1 is 1.52 bits per heavy atom. The number of oxime groups is 1. The Balaban J connectivity index is 2.14. The average molecular weight is 309 g/mol. The van der Waals surface area contributed by atoms with Gasteiger partial charge in [0.2, 0.25) is 0 Å². The number of rotatable bonds is 4. The molecule has 1 aromatic carbocycles. The Labute approximate surface area is 123 Å². The fourth-order valence-corrected chi connectivity index (χ4v) is 2.27. The molecule has 0 bridgehead atoms. The van der Waals surface area contributed by atoms with Crippen molar-refractivity contribution in [2.24, 2.45) is 5.16 Å². The van der Waals surface area contributed by atoms with Gasteiger partial charge in [0, 0.05) is 10.9 Å². The molecule has 0 aliphatic rings. The third-order valence-electron chi connectivity index (χ3n) is 2.66. The van der Waals surface area contributed by atoms with Gasteiger partial charge in [0.25, 0.3) is 5.91 Å². The van der Waals surface area contributed by atoms with Crippen LogP contribution in [0.5, 0.6) is 5.75 Å². The first-order valence-corrected chi connectivity index (χ1v) is 6.72. The van der Waals surface area contributed by atoms with Crippen molar-refractivity contribution in [1.29, 1.82) is 0 Å². The standard InChI is InChI=1S/C13H12FN3O3S/c1-7(17-19)10-6-21-13(15-10)16-12(18)8-3-4-11(20-2)9(14)5-8/h3-6,19H,1-2H3,(H,15,16,18). The van der Waals surface area contributed by atoms with E-state index in [1.165, 1.54) is 30.6 Å². The van der Waals surface area contributed by atoms with Gasteiger partial charge in [-0.05, 0) is 25.1 Å². The summed E-state index contributed by atoms with van der Waals surface area (Å²) in [5, 5.41) is 16.2. The van der Waals surface area contributed by atoms with Crippen LogP contribution in [0.3, 0.4) is 0 Å². The van der Waals surface area contributed by atoms with E-state index >= 15 is 0 Å². The molecule has 0 atom stereocenters. The highest BCUT2D eigenvalue weighted by atomic mass is 32.1. The Bertz CT molecular complexity index is 700. The van der Waals surface area contributed by atoms with Crippen LogP contribution in [-0.4, -0.2) is 28.9 Å². The van der Waals surface area contributed by atoms with Gasteiger partial charge in [0.1, 0.15) is 11.4 Å². The third kappa shape index (κ3) is 3.34. The maximum Gasteiger partial charge on any atom is 0.257 e. The number of hydrogen-bond acceptors (Lipinski definition) is 6. The van der Waals surface area contributed by atoms with E-state index in [-0.39, 0.29) is 11.3 Å². The van der Waals surface area contributed by atoms with E-state index in [1.54, 1.807) is 12.3 Å². The number of carbonyl (C=O) groups is 1. The van der Waals surface area contributed by atoms with Crippen LogP contribution < -0.4 is 10.1 Å². The van der Waals surface area contributed by atoms with E-state index in [0.29, 0.717) is 16.5 Å². The smallest absolute Gasteiger partial charge is 0.257 e. The highest BCUT2D eigenvalue weighted by molar-refractivity contribution is 7.14. The van der Waals surface area contributed by atoms with Gasteiger partial charge in [-0.15, -0.1) is 11.3 Å². The van der Waals surface area contributed by atoms with Crippen LogP contribution in [0.25, 0.3) is 0 Å². The molecular weight excluding hydrogens is 297 g/mol. The van der Waals surface area contributed by atoms with Gasteiger partial charge in [-0.1, -0.05) is 5.16 Å². The lowest BCUT2D eigenvalue weighted by Gasteiger charge is -2.05. The molecule has 2 aromatic rings. The van der Waals surface area contributed by atoms with Crippen LogP contribution in [-0.2, 0) is 0 Å². The fraction of sp³-hybridized carbons (Fsp3) is 0.154. The largest absolute Gasteiger partial charge is 0.494 e. The van der Waals surface area contributed by atoms with Gasteiger partial charge in [0.05, 0.1) is 7.11 Å². The molecule has 0 radical (unpaired) electrons. The second-order valence-electron chi connectivity index (χ2n) is 4.03. The monoisotopic (exact) mass is 309 g/mol. The molecule has 0 saturated carbocycles. The molecule has 0 spiro atoms. The lowest BCUT2D eigenvalue weighted by Crippen LogP contribution is -2.12. The van der Waals surface area contributed by atoms with Crippen molar-refractivity contribution in [3.8, 4) is 5.75 Å². The zero-order valence-electron chi connectivity index (χ0n) is 11.3. The SMILES string of the molecule is COc1ccc(C(=O)Nc2nc(C(C)=NO)cs2)cc1F. The first-order valence-electron chi connectivity index (χ1n) is 5.84. The Morgan fingerprint density at radius 2 is 2.29 bits per heavy atom. The third-order valence-corrected chi connectivity index (χ3v) is 3.42. The number of nitrogens with zero attached hydrogens (tertiary/aromatic N) is 2. The quantitative estimate of drug-likeness (QED) is 0.517. The van der Waals surface area contributed by atoms with Crippen LogP contribution in [0, 0.1) is 5.82 Å². The summed E-state index contributed by atoms with van der Waals surface area (Å²) in [4.78, 5) is 16.1. The van der Waals surface area contributed by atoms with E-state index in [4.69, 9.17) is 9.94 Å². The number of benzene rings is 1. The van der Waals surface area contributed by atoms with E-state index in [2.05, 4.69) is 15.5 Å². The van der Waals surface area contributed by atoms with E-state index < -0.39 is 11.7 Å². The number of hydrogen-bond donors (Lipinski definition) is 2. The molecule has 6 nitrogen and oxygen atoms in total. The van der Waals surface area contributed by atoms with Gasteiger partial charge in [-0.2, -0.15) is 0 Å². The topological polar surface area (TPSA) is 83.8 Å². The molecule has 0 saturated heterocycles. The van der Waals surface area contributed by atoms with Crippen molar-refractivity contribution in [3.05, 3.63) is 40.7 Å². The minimum absolute atomic E-state index is 0.0675. The zero-order chi connectivity index (χ0) is 15.4. The summed E-state index contributed by atoms with van der Waals surface area (Å²) in [6, 6.07) is 3.91. The molecule has 21 heavy (non-hydrogen) atoms. The van der Waals surface area contributed by atoms with Crippen LogP contribution in [0.2, 0.25) is 0 Å². The Hall–Kier alpha value is -2.48. The number of thiazole rings is 1. The average Bonchev–Trinajstić information content (AvgIpc) is 2.94. The number of carbonyl (C=O) groups excluding carboxylic acids is 1. The number of nitrogens with one attached hydrogen (secondary N) is 1. The highest BCUT2D eigenvalue weighted by Crippen LogP contribution is 2.20. The van der Waals surface area contributed by atoms with Gasteiger partial charge in [-0.3, -0.25) is 10.1 Å². The fourth-order valence-electron chi connectivity index (χ4n) is 1.53. The van der Waals surface area contributed by atoms with Crippen molar-refractivity contribution < 1.29 is 19.1 Å². The number of ether oxygens (including phenoxy) is 1. The predicted molar refractivity (Wildman–Crippen MR) is 77.0 cm³/mol. The molecule has 0 aliphatic heterocycles. The van der Waals surface area contributed by atoms with Crippen LogP contribution in [0.15, 0.2) is 28.7 Å². The van der Waals surface area contributed by atoms with E-state index in [1.807, 2.05) is 0 Å². The van der Waals surface area contributed by atoms with Gasteiger partial charge < -0.3 is 9.94 Å². The molecular formula is C13H12FN3O3S. The van der Waals surface area contributed by atoms with Crippen molar-refractivity contribution >= 4 is 28.1 Å². The van der Waals surface area contributed by atoms with Crippen LogP contribution in [0.4, 0.5) is 9.52 Å². The van der Waals surface area contributed by atoms with Gasteiger partial charge in [0.15, 0.2) is 16.7 Å². The van der Waals surface area contributed by atoms with E-state index in [9.17, 15) is 9.18 Å². The molecule has 1 amide bonds. The van der Waals surface area contributed by atoms with E-state index in [0.717, 1.165) is 6.07 Å². The lowest BCUT2D eigenvalue weighted by atomic mass is 10.2. The van der Waals surface area contributed by atoms with Gasteiger partial charge in [-0.25, -0.2) is 9.37 Å². The number of anilines is 1. The normalized spacial score (nSPS) is 11.3. The first-order chi connectivity index (χ1) is 10.0. The minimum atomic E-state index is -0.617. The summed E-state index contributed by atoms with van der Waals surface area (Å²) in [5.41, 5.74) is 0.943. The number of halogens is 1.